The van der Waals surface area contributed by atoms with Crippen LogP contribution in [0.1, 0.15) is 24.0 Å². The smallest absolute Gasteiger partial charge is 0.203 e. The van der Waals surface area contributed by atoms with Crippen molar-refractivity contribution in [1.82, 2.24) is 10.6 Å². The number of guanidine groups is 1. The van der Waals surface area contributed by atoms with E-state index in [2.05, 4.69) is 15.6 Å². The molecule has 2 aromatic rings. The van der Waals surface area contributed by atoms with Crippen LogP contribution >= 0.6 is 0 Å². The molecule has 1 fully saturated rings. The molecule has 174 valence electrons. The fourth-order valence-electron chi connectivity index (χ4n) is 4.03. The fraction of sp³-hybridized carbons (Fsp3) is 0.458. The van der Waals surface area contributed by atoms with Crippen molar-refractivity contribution >= 4 is 5.96 Å². The maximum atomic E-state index is 13.5. The van der Waals surface area contributed by atoms with Crippen molar-refractivity contribution in [3.05, 3.63) is 53.3 Å². The number of hydrogen-bond acceptors (Lipinski definition) is 5. The van der Waals surface area contributed by atoms with Crippen LogP contribution in [0.2, 0.25) is 0 Å². The van der Waals surface area contributed by atoms with E-state index in [0.29, 0.717) is 49.5 Å². The van der Waals surface area contributed by atoms with Crippen LogP contribution in [0, 0.1) is 5.82 Å². The molecule has 0 amide bonds. The molecule has 2 aromatic carbocycles. The number of hydrogen-bond donors (Lipinski definition) is 2. The number of rotatable bonds is 8. The fourth-order valence-corrected chi connectivity index (χ4v) is 4.03. The minimum absolute atomic E-state index is 0.143. The molecule has 0 atom stereocenters. The largest absolute Gasteiger partial charge is 0.493 e. The summed E-state index contributed by atoms with van der Waals surface area (Å²) in [6.07, 6.45) is 1.71. The molecule has 1 saturated heterocycles. The molecular weight excluding hydrogens is 413 g/mol. The Bertz CT molecular complexity index is 887. The van der Waals surface area contributed by atoms with Crippen LogP contribution in [0.3, 0.4) is 0 Å². The highest BCUT2D eigenvalue weighted by atomic mass is 19.1. The summed E-state index contributed by atoms with van der Waals surface area (Å²) in [5.41, 5.74) is 1.92. The Morgan fingerprint density at radius 1 is 1.00 bits per heavy atom. The van der Waals surface area contributed by atoms with Gasteiger partial charge in [-0.2, -0.15) is 0 Å². The summed E-state index contributed by atoms with van der Waals surface area (Å²) in [6.45, 7) is 2.53. The second kappa shape index (κ2) is 11.0. The zero-order valence-electron chi connectivity index (χ0n) is 19.2. The Labute approximate surface area is 188 Å². The molecule has 0 spiro atoms. The van der Waals surface area contributed by atoms with Crippen LogP contribution in [0.25, 0.3) is 0 Å². The van der Waals surface area contributed by atoms with E-state index in [4.69, 9.17) is 18.9 Å². The van der Waals surface area contributed by atoms with Gasteiger partial charge in [0.2, 0.25) is 5.75 Å². The SMILES string of the molecule is CN=C(NCc1cc(OC)c(OC)c(OC)c1)NCC1(c2ccc(F)cc2)CCOCC1. The Kier molecular flexibility index (Phi) is 8.16. The quantitative estimate of drug-likeness (QED) is 0.480. The highest BCUT2D eigenvalue weighted by molar-refractivity contribution is 5.79. The van der Waals surface area contributed by atoms with Gasteiger partial charge >= 0.3 is 0 Å². The number of methoxy groups -OCH3 is 3. The molecule has 3 rings (SSSR count). The van der Waals surface area contributed by atoms with Crippen molar-refractivity contribution in [3.63, 3.8) is 0 Å². The first-order valence-electron chi connectivity index (χ1n) is 10.6. The molecule has 1 aliphatic rings. The summed E-state index contributed by atoms with van der Waals surface area (Å²) >= 11 is 0. The lowest BCUT2D eigenvalue weighted by Gasteiger charge is -2.38. The highest BCUT2D eigenvalue weighted by Crippen LogP contribution is 2.38. The second-order valence-corrected chi connectivity index (χ2v) is 7.71. The van der Waals surface area contributed by atoms with Gasteiger partial charge in [-0.25, -0.2) is 4.39 Å². The van der Waals surface area contributed by atoms with E-state index in [1.54, 1.807) is 28.4 Å². The molecule has 7 nitrogen and oxygen atoms in total. The maximum absolute atomic E-state index is 13.5. The third-order valence-electron chi connectivity index (χ3n) is 5.91. The van der Waals surface area contributed by atoms with Gasteiger partial charge < -0.3 is 29.6 Å². The highest BCUT2D eigenvalue weighted by Gasteiger charge is 2.34. The number of aliphatic imine (C=N–C) groups is 1. The number of halogens is 1. The third kappa shape index (κ3) is 5.43. The lowest BCUT2D eigenvalue weighted by molar-refractivity contribution is 0.0513. The van der Waals surface area contributed by atoms with E-state index in [9.17, 15) is 4.39 Å². The molecule has 1 heterocycles. The van der Waals surface area contributed by atoms with Crippen LogP contribution in [0.15, 0.2) is 41.4 Å². The average Bonchev–Trinajstić information content (AvgIpc) is 2.84. The molecule has 0 saturated carbocycles. The van der Waals surface area contributed by atoms with Crippen molar-refractivity contribution in [2.24, 2.45) is 4.99 Å². The zero-order valence-corrected chi connectivity index (χ0v) is 19.2. The van der Waals surface area contributed by atoms with E-state index in [1.807, 2.05) is 24.3 Å². The Balaban J connectivity index is 1.69. The van der Waals surface area contributed by atoms with Gasteiger partial charge in [0.05, 0.1) is 21.3 Å². The number of benzene rings is 2. The number of nitrogens with one attached hydrogen (secondary N) is 2. The van der Waals surface area contributed by atoms with Crippen molar-refractivity contribution in [2.45, 2.75) is 24.8 Å². The Morgan fingerprint density at radius 3 is 2.16 bits per heavy atom. The first-order chi connectivity index (χ1) is 15.5. The van der Waals surface area contributed by atoms with Gasteiger partial charge in [-0.3, -0.25) is 4.99 Å². The molecular formula is C24H32FN3O4. The van der Waals surface area contributed by atoms with E-state index in [-0.39, 0.29) is 11.2 Å². The lowest BCUT2D eigenvalue weighted by Crippen LogP contribution is -2.47. The van der Waals surface area contributed by atoms with Gasteiger partial charge in [-0.05, 0) is 48.2 Å². The molecule has 0 aliphatic carbocycles. The normalized spacial score (nSPS) is 15.7. The van der Waals surface area contributed by atoms with Crippen LogP contribution in [0.4, 0.5) is 4.39 Å². The summed E-state index contributed by atoms with van der Waals surface area (Å²) in [5.74, 6) is 2.20. The van der Waals surface area contributed by atoms with Crippen molar-refractivity contribution in [3.8, 4) is 17.2 Å². The number of ether oxygens (including phenoxy) is 4. The zero-order chi connectivity index (χ0) is 23.0. The molecule has 8 heteroatoms. The van der Waals surface area contributed by atoms with Crippen molar-refractivity contribution in [1.29, 1.82) is 0 Å². The van der Waals surface area contributed by atoms with Crippen LogP contribution in [0.5, 0.6) is 17.2 Å². The predicted octanol–water partition coefficient (Wildman–Crippen LogP) is 3.26. The minimum atomic E-state index is -0.230. The molecule has 1 aliphatic heterocycles. The van der Waals surface area contributed by atoms with E-state index < -0.39 is 0 Å². The molecule has 2 N–H and O–H groups in total. The van der Waals surface area contributed by atoms with Crippen molar-refractivity contribution in [2.75, 3.05) is 48.1 Å². The first-order valence-corrected chi connectivity index (χ1v) is 10.6. The van der Waals surface area contributed by atoms with Crippen molar-refractivity contribution < 1.29 is 23.3 Å². The average molecular weight is 446 g/mol. The predicted molar refractivity (Wildman–Crippen MR) is 122 cm³/mol. The molecule has 0 bridgehead atoms. The molecule has 0 radical (unpaired) electrons. The van der Waals surface area contributed by atoms with E-state index in [0.717, 1.165) is 24.0 Å². The molecule has 0 aromatic heterocycles. The topological polar surface area (TPSA) is 73.3 Å². The summed E-state index contributed by atoms with van der Waals surface area (Å²) in [6, 6.07) is 10.6. The van der Waals surface area contributed by atoms with Crippen LogP contribution in [-0.4, -0.2) is 54.1 Å². The summed E-state index contributed by atoms with van der Waals surface area (Å²) in [4.78, 5) is 4.36. The van der Waals surface area contributed by atoms with E-state index in [1.165, 1.54) is 12.1 Å². The third-order valence-corrected chi connectivity index (χ3v) is 5.91. The van der Waals surface area contributed by atoms with Gasteiger partial charge in [0.1, 0.15) is 5.82 Å². The van der Waals surface area contributed by atoms with Gasteiger partial charge in [-0.15, -0.1) is 0 Å². The summed E-state index contributed by atoms with van der Waals surface area (Å²) in [7, 11) is 6.51. The maximum Gasteiger partial charge on any atom is 0.203 e. The Morgan fingerprint density at radius 2 is 1.62 bits per heavy atom. The van der Waals surface area contributed by atoms with Gasteiger partial charge in [-0.1, -0.05) is 12.1 Å². The lowest BCUT2D eigenvalue weighted by atomic mass is 9.74. The standard InChI is InChI=1S/C24H32FN3O4/c1-26-23(27-15-17-13-20(29-2)22(31-4)21(14-17)30-3)28-16-24(9-11-32-12-10-24)18-5-7-19(25)8-6-18/h5-8,13-14H,9-12,15-16H2,1-4H3,(H2,26,27,28). The summed E-state index contributed by atoms with van der Waals surface area (Å²) in [5, 5.41) is 6.78. The van der Waals surface area contributed by atoms with Gasteiger partial charge in [0, 0.05) is 38.8 Å². The monoisotopic (exact) mass is 445 g/mol. The minimum Gasteiger partial charge on any atom is -0.493 e. The molecule has 0 unspecified atom stereocenters. The number of nitrogens with zero attached hydrogens (tertiary/aromatic N) is 1. The second-order valence-electron chi connectivity index (χ2n) is 7.71. The Hall–Kier alpha value is -3.00. The van der Waals surface area contributed by atoms with Gasteiger partial charge in [0.25, 0.3) is 0 Å². The summed E-state index contributed by atoms with van der Waals surface area (Å²) < 4.78 is 35.3. The first kappa shape index (κ1) is 23.7. The van der Waals surface area contributed by atoms with Gasteiger partial charge in [0.15, 0.2) is 17.5 Å². The van der Waals surface area contributed by atoms with Crippen LogP contribution < -0.4 is 24.8 Å². The van der Waals surface area contributed by atoms with Crippen LogP contribution in [-0.2, 0) is 16.7 Å². The van der Waals surface area contributed by atoms with E-state index >= 15 is 0 Å². The molecule has 32 heavy (non-hydrogen) atoms.